The molecule has 0 unspecified atom stereocenters. The molecule has 10 heteroatoms. The van der Waals surface area contributed by atoms with Crippen molar-refractivity contribution in [3.05, 3.63) is 27.0 Å². The zero-order chi connectivity index (χ0) is 14.0. The Morgan fingerprint density at radius 1 is 1.37 bits per heavy atom. The summed E-state index contributed by atoms with van der Waals surface area (Å²) in [6.45, 7) is 0. The molecule has 4 N–H and O–H groups in total. The van der Waals surface area contributed by atoms with Gasteiger partial charge in [0.1, 0.15) is 5.69 Å². The van der Waals surface area contributed by atoms with Crippen molar-refractivity contribution in [3.8, 4) is 0 Å². The molecule has 0 radical (unpaired) electrons. The molecule has 0 aromatic carbocycles. The van der Waals surface area contributed by atoms with E-state index >= 15 is 0 Å². The summed E-state index contributed by atoms with van der Waals surface area (Å²) in [6, 6.07) is -1.16. The summed E-state index contributed by atoms with van der Waals surface area (Å²) < 4.78 is 22.4. The number of carbonyl (C=O) groups is 1. The molecular weight excluding hydrogens is 276 g/mol. The number of rotatable bonds is 2. The molecule has 0 bridgehead atoms. The topological polar surface area (TPSA) is 141 Å². The van der Waals surface area contributed by atoms with Crippen LogP contribution in [0, 0.1) is 0 Å². The number of hydrogen-bond donors (Lipinski definition) is 4. The van der Waals surface area contributed by atoms with Crippen LogP contribution in [0.1, 0.15) is 6.42 Å². The van der Waals surface area contributed by atoms with Gasteiger partial charge in [-0.05, 0) is 6.42 Å². The van der Waals surface area contributed by atoms with Crippen LogP contribution in [-0.4, -0.2) is 42.0 Å². The fraction of sp³-hybridized carbons (Fsp3) is 0.444. The van der Waals surface area contributed by atoms with Crippen LogP contribution in [0.4, 0.5) is 10.5 Å². The molecule has 104 valence electrons. The molecule has 1 saturated heterocycles. The van der Waals surface area contributed by atoms with E-state index in [9.17, 15) is 22.8 Å². The van der Waals surface area contributed by atoms with Crippen LogP contribution in [0.2, 0.25) is 0 Å². The minimum Gasteiger partial charge on any atom is -0.334 e. The molecule has 1 aromatic rings. The highest BCUT2D eigenvalue weighted by molar-refractivity contribution is 7.91. The summed E-state index contributed by atoms with van der Waals surface area (Å²) in [5.74, 6) is -0.0699. The Balaban J connectivity index is 1.99. The molecule has 1 atom stereocenters. The standard InChI is InChI=1S/C9H12N4O5S/c14-7-6(3-10-8(15)13-7)12-9(16)11-5-1-2-19(17,18)4-5/h3,5H,1-2,4H2,(H2,11,12,16)(H2,10,13,14,15)/t5-/m1/s1. The second-order valence-electron chi connectivity index (χ2n) is 4.18. The summed E-state index contributed by atoms with van der Waals surface area (Å²) >= 11 is 0. The van der Waals surface area contributed by atoms with Crippen LogP contribution < -0.4 is 21.9 Å². The Morgan fingerprint density at radius 2 is 2.11 bits per heavy atom. The first-order valence-corrected chi connectivity index (χ1v) is 7.28. The molecule has 1 aliphatic rings. The normalized spacial score (nSPS) is 20.9. The number of hydrogen-bond acceptors (Lipinski definition) is 5. The summed E-state index contributed by atoms with van der Waals surface area (Å²) in [6.07, 6.45) is 1.41. The van der Waals surface area contributed by atoms with Gasteiger partial charge in [0.2, 0.25) is 0 Å². The van der Waals surface area contributed by atoms with Crippen molar-refractivity contribution in [2.75, 3.05) is 16.8 Å². The number of urea groups is 1. The van der Waals surface area contributed by atoms with Crippen LogP contribution >= 0.6 is 0 Å². The van der Waals surface area contributed by atoms with Gasteiger partial charge in [0, 0.05) is 12.2 Å². The third-order valence-corrected chi connectivity index (χ3v) is 4.40. The lowest BCUT2D eigenvalue weighted by atomic mass is 10.3. The molecule has 0 saturated carbocycles. The van der Waals surface area contributed by atoms with E-state index in [1.807, 2.05) is 4.98 Å². The van der Waals surface area contributed by atoms with E-state index in [1.165, 1.54) is 0 Å². The van der Waals surface area contributed by atoms with Crippen molar-refractivity contribution >= 4 is 21.6 Å². The number of aromatic nitrogens is 2. The largest absolute Gasteiger partial charge is 0.334 e. The summed E-state index contributed by atoms with van der Waals surface area (Å²) in [5, 5.41) is 4.68. The van der Waals surface area contributed by atoms with Gasteiger partial charge in [-0.3, -0.25) is 9.78 Å². The van der Waals surface area contributed by atoms with Gasteiger partial charge in [-0.25, -0.2) is 18.0 Å². The predicted molar refractivity (Wildman–Crippen MR) is 66.9 cm³/mol. The van der Waals surface area contributed by atoms with E-state index in [4.69, 9.17) is 0 Å². The first-order chi connectivity index (χ1) is 8.85. The summed E-state index contributed by atoms with van der Waals surface area (Å²) in [7, 11) is -3.09. The first kappa shape index (κ1) is 13.3. The zero-order valence-electron chi connectivity index (χ0n) is 9.73. The molecule has 1 aromatic heterocycles. The number of nitrogens with one attached hydrogen (secondary N) is 4. The Hall–Kier alpha value is -2.10. The zero-order valence-corrected chi connectivity index (χ0v) is 10.5. The quantitative estimate of drug-likeness (QED) is 0.517. The lowest BCUT2D eigenvalue weighted by molar-refractivity contribution is 0.249. The average molecular weight is 288 g/mol. The number of sulfone groups is 1. The van der Waals surface area contributed by atoms with Gasteiger partial charge >= 0.3 is 11.7 Å². The number of anilines is 1. The fourth-order valence-electron chi connectivity index (χ4n) is 1.76. The molecule has 9 nitrogen and oxygen atoms in total. The lowest BCUT2D eigenvalue weighted by Crippen LogP contribution is -2.40. The monoisotopic (exact) mass is 288 g/mol. The fourth-order valence-corrected chi connectivity index (χ4v) is 3.43. The molecule has 0 spiro atoms. The summed E-state index contributed by atoms with van der Waals surface area (Å²) in [5.41, 5.74) is -1.55. The molecule has 1 aliphatic heterocycles. The van der Waals surface area contributed by atoms with Gasteiger partial charge in [-0.2, -0.15) is 0 Å². The first-order valence-electron chi connectivity index (χ1n) is 5.46. The van der Waals surface area contributed by atoms with Gasteiger partial charge in [0.25, 0.3) is 5.56 Å². The number of carbonyl (C=O) groups excluding carboxylic acids is 1. The van der Waals surface area contributed by atoms with Crippen molar-refractivity contribution < 1.29 is 13.2 Å². The summed E-state index contributed by atoms with van der Waals surface area (Å²) in [4.78, 5) is 37.8. The third-order valence-electron chi connectivity index (χ3n) is 2.64. The third kappa shape index (κ3) is 3.44. The number of aromatic amines is 2. The van der Waals surface area contributed by atoms with Crippen molar-refractivity contribution in [1.29, 1.82) is 0 Å². The SMILES string of the molecule is O=C(Nc1c[nH]c(=O)[nH]c1=O)N[C@@H]1CCS(=O)(=O)C1. The predicted octanol–water partition coefficient (Wildman–Crippen LogP) is -1.63. The minimum atomic E-state index is -3.09. The van der Waals surface area contributed by atoms with Crippen molar-refractivity contribution in [1.82, 2.24) is 15.3 Å². The van der Waals surface area contributed by atoms with Gasteiger partial charge in [0.15, 0.2) is 9.84 Å². The number of amides is 2. The molecule has 2 amide bonds. The van der Waals surface area contributed by atoms with Crippen LogP contribution in [-0.2, 0) is 9.84 Å². The van der Waals surface area contributed by atoms with Crippen LogP contribution in [0.25, 0.3) is 0 Å². The van der Waals surface area contributed by atoms with Gasteiger partial charge in [0.05, 0.1) is 11.5 Å². The van der Waals surface area contributed by atoms with E-state index in [2.05, 4.69) is 15.6 Å². The molecular formula is C9H12N4O5S. The molecule has 19 heavy (non-hydrogen) atoms. The highest BCUT2D eigenvalue weighted by Crippen LogP contribution is 2.11. The molecule has 2 rings (SSSR count). The van der Waals surface area contributed by atoms with E-state index in [0.29, 0.717) is 6.42 Å². The Bertz CT molecular complexity index is 704. The van der Waals surface area contributed by atoms with E-state index < -0.39 is 33.2 Å². The van der Waals surface area contributed by atoms with Crippen molar-refractivity contribution in [3.63, 3.8) is 0 Å². The second-order valence-corrected chi connectivity index (χ2v) is 6.41. The Labute approximate surface area is 107 Å². The maximum absolute atomic E-state index is 11.6. The smallest absolute Gasteiger partial charge is 0.325 e. The molecule has 0 aliphatic carbocycles. The molecule has 1 fully saturated rings. The van der Waals surface area contributed by atoms with Crippen molar-refractivity contribution in [2.24, 2.45) is 0 Å². The van der Waals surface area contributed by atoms with E-state index in [0.717, 1.165) is 6.20 Å². The average Bonchev–Trinajstić information content (AvgIpc) is 2.62. The molecule has 2 heterocycles. The van der Waals surface area contributed by atoms with Crippen LogP contribution in [0.15, 0.2) is 15.8 Å². The van der Waals surface area contributed by atoms with Gasteiger partial charge < -0.3 is 15.6 Å². The van der Waals surface area contributed by atoms with Gasteiger partial charge in [-0.1, -0.05) is 0 Å². The Morgan fingerprint density at radius 3 is 2.68 bits per heavy atom. The van der Waals surface area contributed by atoms with E-state index in [-0.39, 0.29) is 17.2 Å². The Kier molecular flexibility index (Phi) is 3.42. The van der Waals surface area contributed by atoms with Crippen LogP contribution in [0.5, 0.6) is 0 Å². The van der Waals surface area contributed by atoms with Crippen LogP contribution in [0.3, 0.4) is 0 Å². The highest BCUT2D eigenvalue weighted by atomic mass is 32.2. The van der Waals surface area contributed by atoms with Gasteiger partial charge in [-0.15, -0.1) is 0 Å². The highest BCUT2D eigenvalue weighted by Gasteiger charge is 2.28. The maximum atomic E-state index is 11.6. The lowest BCUT2D eigenvalue weighted by Gasteiger charge is -2.11. The maximum Gasteiger partial charge on any atom is 0.325 e. The van der Waals surface area contributed by atoms with Crippen molar-refractivity contribution in [2.45, 2.75) is 12.5 Å². The van der Waals surface area contributed by atoms with E-state index in [1.54, 1.807) is 0 Å². The minimum absolute atomic E-state index is 0.0389. The number of H-pyrrole nitrogens is 2. The second kappa shape index (κ2) is 4.88.